The Balaban J connectivity index is 2.17. The molecule has 21 heavy (non-hydrogen) atoms. The third-order valence-electron chi connectivity index (χ3n) is 3.49. The molecule has 4 nitrogen and oxygen atoms in total. The van der Waals surface area contributed by atoms with Crippen LogP contribution in [0.3, 0.4) is 0 Å². The molecule has 1 heterocycles. The first-order valence-corrected chi connectivity index (χ1v) is 7.30. The minimum absolute atomic E-state index is 0.0561. The molecule has 0 aliphatic heterocycles. The molecule has 1 aromatic carbocycles. The van der Waals surface area contributed by atoms with Gasteiger partial charge < -0.3 is 14.6 Å². The first-order valence-electron chi connectivity index (χ1n) is 7.30. The maximum Gasteiger partial charge on any atom is 0.254 e. The molecule has 0 atom stereocenters. The SMILES string of the molecule is CCN(Cc1ccco1)C(=O)c1ccccc1CCNC. The number of likely N-dealkylation sites (N-methyl/N-ethyl adjacent to an activating group) is 1. The molecule has 4 heteroatoms. The van der Waals surface area contributed by atoms with Crippen LogP contribution in [0.1, 0.15) is 28.6 Å². The molecule has 0 radical (unpaired) electrons. The molecule has 2 aromatic rings. The van der Waals surface area contributed by atoms with Gasteiger partial charge in [-0.15, -0.1) is 0 Å². The van der Waals surface area contributed by atoms with Crippen molar-refractivity contribution in [1.82, 2.24) is 10.2 Å². The summed E-state index contributed by atoms with van der Waals surface area (Å²) in [5, 5.41) is 3.12. The lowest BCUT2D eigenvalue weighted by molar-refractivity contribution is 0.0740. The van der Waals surface area contributed by atoms with Gasteiger partial charge in [0.05, 0.1) is 12.8 Å². The summed E-state index contributed by atoms with van der Waals surface area (Å²) < 4.78 is 5.34. The predicted octanol–water partition coefficient (Wildman–Crippen LogP) is 2.70. The number of carbonyl (C=O) groups excluding carboxylic acids is 1. The average molecular weight is 286 g/mol. The average Bonchev–Trinajstić information content (AvgIpc) is 3.03. The van der Waals surface area contributed by atoms with Gasteiger partial charge in [0.25, 0.3) is 5.91 Å². The Labute approximate surface area is 125 Å². The number of nitrogens with zero attached hydrogens (tertiary/aromatic N) is 1. The van der Waals surface area contributed by atoms with Crippen molar-refractivity contribution in [3.63, 3.8) is 0 Å². The largest absolute Gasteiger partial charge is 0.467 e. The Morgan fingerprint density at radius 1 is 1.24 bits per heavy atom. The molecule has 1 amide bonds. The molecule has 112 valence electrons. The fraction of sp³-hybridized carbons (Fsp3) is 0.353. The second-order valence-electron chi connectivity index (χ2n) is 4.91. The first kappa shape index (κ1) is 15.3. The lowest BCUT2D eigenvalue weighted by Gasteiger charge is -2.21. The lowest BCUT2D eigenvalue weighted by Crippen LogP contribution is -2.31. The standard InChI is InChI=1S/C17H22N2O2/c1-3-19(13-15-8-6-12-21-15)17(20)16-9-5-4-7-14(16)10-11-18-2/h4-9,12,18H,3,10-11,13H2,1-2H3. The van der Waals surface area contributed by atoms with E-state index in [4.69, 9.17) is 4.42 Å². The van der Waals surface area contributed by atoms with Crippen molar-refractivity contribution < 1.29 is 9.21 Å². The predicted molar refractivity (Wildman–Crippen MR) is 83.2 cm³/mol. The van der Waals surface area contributed by atoms with Gasteiger partial charge in [0.15, 0.2) is 0 Å². The highest BCUT2D eigenvalue weighted by atomic mass is 16.3. The van der Waals surface area contributed by atoms with Gasteiger partial charge in [-0.2, -0.15) is 0 Å². The summed E-state index contributed by atoms with van der Waals surface area (Å²) in [6, 6.07) is 11.5. The van der Waals surface area contributed by atoms with Gasteiger partial charge in [-0.05, 0) is 50.7 Å². The van der Waals surface area contributed by atoms with Crippen LogP contribution in [0, 0.1) is 0 Å². The van der Waals surface area contributed by atoms with E-state index in [2.05, 4.69) is 5.32 Å². The van der Waals surface area contributed by atoms with Crippen LogP contribution in [0.25, 0.3) is 0 Å². The van der Waals surface area contributed by atoms with Crippen LogP contribution < -0.4 is 5.32 Å². The third-order valence-corrected chi connectivity index (χ3v) is 3.49. The minimum atomic E-state index is 0.0561. The summed E-state index contributed by atoms with van der Waals surface area (Å²) in [6.07, 6.45) is 2.48. The van der Waals surface area contributed by atoms with Crippen LogP contribution in [-0.2, 0) is 13.0 Å². The Morgan fingerprint density at radius 3 is 2.71 bits per heavy atom. The summed E-state index contributed by atoms with van der Waals surface area (Å²) in [6.45, 7) is 3.99. The highest BCUT2D eigenvalue weighted by Crippen LogP contribution is 2.15. The monoisotopic (exact) mass is 286 g/mol. The zero-order valence-electron chi connectivity index (χ0n) is 12.6. The highest BCUT2D eigenvalue weighted by Gasteiger charge is 2.18. The second kappa shape index (κ2) is 7.64. The molecule has 1 N–H and O–H groups in total. The van der Waals surface area contributed by atoms with Crippen molar-refractivity contribution in [3.05, 3.63) is 59.5 Å². The number of carbonyl (C=O) groups is 1. The highest BCUT2D eigenvalue weighted by molar-refractivity contribution is 5.95. The molecule has 1 aromatic heterocycles. The molecule has 0 saturated carbocycles. The maximum atomic E-state index is 12.7. The number of nitrogens with one attached hydrogen (secondary N) is 1. The van der Waals surface area contributed by atoms with Gasteiger partial charge in [0.1, 0.15) is 5.76 Å². The molecule has 0 bridgehead atoms. The van der Waals surface area contributed by atoms with Gasteiger partial charge in [-0.1, -0.05) is 18.2 Å². The van der Waals surface area contributed by atoms with E-state index in [1.165, 1.54) is 0 Å². The van der Waals surface area contributed by atoms with Gasteiger partial charge in [-0.3, -0.25) is 4.79 Å². The summed E-state index contributed by atoms with van der Waals surface area (Å²) in [5.41, 5.74) is 1.86. The van der Waals surface area contributed by atoms with E-state index in [0.717, 1.165) is 29.9 Å². The number of hydrogen-bond acceptors (Lipinski definition) is 3. The Morgan fingerprint density at radius 2 is 2.05 bits per heavy atom. The first-order chi connectivity index (χ1) is 10.3. The van der Waals surface area contributed by atoms with Crippen molar-refractivity contribution >= 4 is 5.91 Å². The lowest BCUT2D eigenvalue weighted by atomic mass is 10.0. The second-order valence-corrected chi connectivity index (χ2v) is 4.91. The summed E-state index contributed by atoms with van der Waals surface area (Å²) in [7, 11) is 1.92. The Hall–Kier alpha value is -2.07. The van der Waals surface area contributed by atoms with E-state index in [-0.39, 0.29) is 5.91 Å². The molecule has 0 fully saturated rings. The van der Waals surface area contributed by atoms with Crippen molar-refractivity contribution in [3.8, 4) is 0 Å². The quantitative estimate of drug-likeness (QED) is 0.851. The summed E-state index contributed by atoms with van der Waals surface area (Å²) >= 11 is 0. The van der Waals surface area contributed by atoms with Gasteiger partial charge >= 0.3 is 0 Å². The normalized spacial score (nSPS) is 10.6. The zero-order valence-corrected chi connectivity index (χ0v) is 12.6. The minimum Gasteiger partial charge on any atom is -0.467 e. The number of furan rings is 1. The molecule has 0 aliphatic carbocycles. The van der Waals surface area contributed by atoms with Gasteiger partial charge in [0, 0.05) is 12.1 Å². The molecule has 0 unspecified atom stereocenters. The van der Waals surface area contributed by atoms with Crippen LogP contribution in [0.4, 0.5) is 0 Å². The number of amides is 1. The van der Waals surface area contributed by atoms with Gasteiger partial charge in [-0.25, -0.2) is 0 Å². The fourth-order valence-electron chi connectivity index (χ4n) is 2.29. The Bertz CT molecular complexity index is 564. The molecule has 0 saturated heterocycles. The van der Waals surface area contributed by atoms with Crippen LogP contribution in [0.15, 0.2) is 47.1 Å². The van der Waals surface area contributed by atoms with Crippen molar-refractivity contribution in [2.45, 2.75) is 19.9 Å². The van der Waals surface area contributed by atoms with E-state index in [1.807, 2.05) is 50.4 Å². The van der Waals surface area contributed by atoms with Crippen LogP contribution in [-0.4, -0.2) is 30.9 Å². The molecular formula is C17H22N2O2. The van der Waals surface area contributed by atoms with Crippen molar-refractivity contribution in [2.24, 2.45) is 0 Å². The van der Waals surface area contributed by atoms with E-state index in [1.54, 1.807) is 11.2 Å². The van der Waals surface area contributed by atoms with E-state index in [9.17, 15) is 4.79 Å². The Kier molecular flexibility index (Phi) is 5.58. The number of rotatable bonds is 7. The van der Waals surface area contributed by atoms with Crippen molar-refractivity contribution in [1.29, 1.82) is 0 Å². The zero-order chi connectivity index (χ0) is 15.1. The van der Waals surface area contributed by atoms with Crippen molar-refractivity contribution in [2.75, 3.05) is 20.1 Å². The number of hydrogen-bond donors (Lipinski definition) is 1. The molecular weight excluding hydrogens is 264 g/mol. The van der Waals surface area contributed by atoms with E-state index < -0.39 is 0 Å². The molecule has 0 aliphatic rings. The van der Waals surface area contributed by atoms with Gasteiger partial charge in [0.2, 0.25) is 0 Å². The third kappa shape index (κ3) is 3.95. The van der Waals surface area contributed by atoms with Crippen LogP contribution in [0.2, 0.25) is 0 Å². The van der Waals surface area contributed by atoms with E-state index >= 15 is 0 Å². The summed E-state index contributed by atoms with van der Waals surface area (Å²) in [5.74, 6) is 0.860. The fourth-order valence-corrected chi connectivity index (χ4v) is 2.29. The van der Waals surface area contributed by atoms with Crippen LogP contribution >= 0.6 is 0 Å². The molecule has 0 spiro atoms. The summed E-state index contributed by atoms with van der Waals surface area (Å²) in [4.78, 5) is 14.6. The van der Waals surface area contributed by atoms with Crippen LogP contribution in [0.5, 0.6) is 0 Å². The van der Waals surface area contributed by atoms with E-state index in [0.29, 0.717) is 13.1 Å². The number of benzene rings is 1. The topological polar surface area (TPSA) is 45.5 Å². The maximum absolute atomic E-state index is 12.7. The molecule has 2 rings (SSSR count). The smallest absolute Gasteiger partial charge is 0.254 e.